The van der Waals surface area contributed by atoms with Gasteiger partial charge in [-0.15, -0.1) is 23.4 Å². The lowest BCUT2D eigenvalue weighted by Crippen LogP contribution is -1.73. The first-order valence-electron chi connectivity index (χ1n) is 3.83. The number of benzene rings is 1. The van der Waals surface area contributed by atoms with Crippen LogP contribution in [-0.2, 0) is 5.88 Å². The molecule has 2 nitrogen and oxygen atoms in total. The largest absolute Gasteiger partial charge is 0.439 e. The van der Waals surface area contributed by atoms with Gasteiger partial charge in [-0.05, 0) is 24.5 Å². The lowest BCUT2D eigenvalue weighted by Gasteiger charge is -1.92. The summed E-state index contributed by atoms with van der Waals surface area (Å²) in [6.07, 6.45) is 2.03. The molecule has 0 radical (unpaired) electrons. The van der Waals surface area contributed by atoms with Crippen LogP contribution < -0.4 is 0 Å². The van der Waals surface area contributed by atoms with Crippen LogP contribution in [0, 0.1) is 0 Å². The summed E-state index contributed by atoms with van der Waals surface area (Å²) in [7, 11) is 0. The molecule has 0 saturated carbocycles. The summed E-state index contributed by atoms with van der Waals surface area (Å²) < 4.78 is 5.36. The van der Waals surface area contributed by atoms with Gasteiger partial charge in [0, 0.05) is 4.90 Å². The van der Waals surface area contributed by atoms with E-state index in [9.17, 15) is 0 Å². The number of fused-ring (bicyclic) bond motifs is 1. The van der Waals surface area contributed by atoms with E-state index in [2.05, 4.69) is 4.98 Å². The number of halogens is 1. The van der Waals surface area contributed by atoms with Crippen LogP contribution in [0.4, 0.5) is 0 Å². The molecule has 68 valence electrons. The van der Waals surface area contributed by atoms with Gasteiger partial charge in [0.1, 0.15) is 5.52 Å². The second-order valence-corrected chi connectivity index (χ2v) is 3.72. The Morgan fingerprint density at radius 1 is 1.54 bits per heavy atom. The van der Waals surface area contributed by atoms with Crippen molar-refractivity contribution in [3.63, 3.8) is 0 Å². The first-order chi connectivity index (χ1) is 6.33. The van der Waals surface area contributed by atoms with Crippen molar-refractivity contribution in [1.29, 1.82) is 0 Å². The van der Waals surface area contributed by atoms with E-state index in [0.29, 0.717) is 11.8 Å². The van der Waals surface area contributed by atoms with Crippen LogP contribution in [0.5, 0.6) is 0 Å². The number of aromatic nitrogens is 1. The fourth-order valence-electron chi connectivity index (χ4n) is 1.14. The molecule has 0 aliphatic rings. The fraction of sp³-hybridized carbons (Fsp3) is 0.222. The molecule has 13 heavy (non-hydrogen) atoms. The van der Waals surface area contributed by atoms with Gasteiger partial charge in [0.2, 0.25) is 5.89 Å². The van der Waals surface area contributed by atoms with Gasteiger partial charge in [0.25, 0.3) is 0 Å². The molecule has 1 heterocycles. The van der Waals surface area contributed by atoms with Gasteiger partial charge in [0.05, 0.1) is 5.88 Å². The predicted octanol–water partition coefficient (Wildman–Crippen LogP) is 3.29. The summed E-state index contributed by atoms with van der Waals surface area (Å²) in [5.74, 6) is 0.901. The van der Waals surface area contributed by atoms with Crippen molar-refractivity contribution in [3.8, 4) is 0 Å². The zero-order valence-corrected chi connectivity index (χ0v) is 8.65. The molecule has 0 bridgehead atoms. The summed E-state index contributed by atoms with van der Waals surface area (Å²) in [5.41, 5.74) is 1.68. The van der Waals surface area contributed by atoms with Crippen LogP contribution in [0.3, 0.4) is 0 Å². The average Bonchev–Trinajstić information content (AvgIpc) is 2.58. The third-order valence-electron chi connectivity index (χ3n) is 1.75. The molecule has 0 aliphatic heterocycles. The Hall–Kier alpha value is -0.670. The lowest BCUT2D eigenvalue weighted by molar-refractivity contribution is 0.555. The Labute approximate surface area is 85.3 Å². The quantitative estimate of drug-likeness (QED) is 0.566. The van der Waals surface area contributed by atoms with Gasteiger partial charge in [-0.3, -0.25) is 0 Å². The molecule has 0 amide bonds. The maximum Gasteiger partial charge on any atom is 0.210 e. The average molecular weight is 214 g/mol. The Kier molecular flexibility index (Phi) is 2.47. The number of hydrogen-bond acceptors (Lipinski definition) is 3. The minimum absolute atomic E-state index is 0.323. The fourth-order valence-corrected chi connectivity index (χ4v) is 1.69. The molecule has 2 rings (SSSR count). The van der Waals surface area contributed by atoms with Gasteiger partial charge in [0.15, 0.2) is 5.58 Å². The van der Waals surface area contributed by atoms with E-state index in [1.165, 1.54) is 4.90 Å². The predicted molar refractivity (Wildman–Crippen MR) is 55.3 cm³/mol. The smallest absolute Gasteiger partial charge is 0.210 e. The monoisotopic (exact) mass is 213 g/mol. The van der Waals surface area contributed by atoms with Gasteiger partial charge in [-0.2, -0.15) is 0 Å². The summed E-state index contributed by atoms with van der Waals surface area (Å²) in [6.45, 7) is 0. The van der Waals surface area contributed by atoms with Crippen molar-refractivity contribution in [2.45, 2.75) is 10.8 Å². The molecule has 0 aliphatic carbocycles. The van der Waals surface area contributed by atoms with E-state index in [0.717, 1.165) is 11.1 Å². The topological polar surface area (TPSA) is 26.0 Å². The Bertz CT molecular complexity index is 424. The molecule has 0 unspecified atom stereocenters. The van der Waals surface area contributed by atoms with E-state index >= 15 is 0 Å². The molecule has 0 atom stereocenters. The van der Waals surface area contributed by atoms with Crippen molar-refractivity contribution in [2.24, 2.45) is 0 Å². The minimum Gasteiger partial charge on any atom is -0.439 e. The molecule has 0 fully saturated rings. The SMILES string of the molecule is CSc1ccc2oc(CCl)nc2c1. The van der Waals surface area contributed by atoms with Gasteiger partial charge in [-0.1, -0.05) is 0 Å². The van der Waals surface area contributed by atoms with E-state index < -0.39 is 0 Å². The molecule has 0 saturated heterocycles. The number of thioether (sulfide) groups is 1. The third-order valence-corrected chi connectivity index (χ3v) is 2.71. The van der Waals surface area contributed by atoms with Crippen molar-refractivity contribution >= 4 is 34.5 Å². The summed E-state index contributed by atoms with van der Waals surface area (Å²) in [4.78, 5) is 5.41. The van der Waals surface area contributed by atoms with E-state index in [1.807, 2.05) is 24.5 Å². The van der Waals surface area contributed by atoms with Crippen LogP contribution in [0.25, 0.3) is 11.1 Å². The summed E-state index contributed by atoms with van der Waals surface area (Å²) in [6, 6.07) is 5.93. The molecular weight excluding hydrogens is 206 g/mol. The first-order valence-corrected chi connectivity index (χ1v) is 5.59. The molecule has 1 aromatic heterocycles. The van der Waals surface area contributed by atoms with Gasteiger partial charge in [-0.25, -0.2) is 4.98 Å². The Morgan fingerprint density at radius 3 is 3.08 bits per heavy atom. The maximum atomic E-state index is 5.61. The molecule has 1 aromatic carbocycles. The van der Waals surface area contributed by atoms with Crippen molar-refractivity contribution < 1.29 is 4.42 Å². The highest BCUT2D eigenvalue weighted by atomic mass is 35.5. The van der Waals surface area contributed by atoms with Crippen LogP contribution in [0.1, 0.15) is 5.89 Å². The van der Waals surface area contributed by atoms with Crippen LogP contribution in [0.15, 0.2) is 27.5 Å². The molecule has 4 heteroatoms. The number of nitrogens with zero attached hydrogens (tertiary/aromatic N) is 1. The van der Waals surface area contributed by atoms with Crippen molar-refractivity contribution in [3.05, 3.63) is 24.1 Å². The van der Waals surface area contributed by atoms with Crippen molar-refractivity contribution in [1.82, 2.24) is 4.98 Å². The lowest BCUT2D eigenvalue weighted by atomic mass is 10.3. The van der Waals surface area contributed by atoms with Crippen LogP contribution >= 0.6 is 23.4 Å². The van der Waals surface area contributed by atoms with Crippen LogP contribution in [-0.4, -0.2) is 11.2 Å². The zero-order valence-electron chi connectivity index (χ0n) is 7.08. The third kappa shape index (κ3) is 1.67. The first kappa shape index (κ1) is 8.91. The highest BCUT2D eigenvalue weighted by Crippen LogP contribution is 2.22. The second-order valence-electron chi connectivity index (χ2n) is 2.57. The molecular formula is C9H8ClNOS. The number of rotatable bonds is 2. The van der Waals surface area contributed by atoms with Gasteiger partial charge < -0.3 is 4.42 Å². The second kappa shape index (κ2) is 3.60. The normalized spacial score (nSPS) is 10.9. The van der Waals surface area contributed by atoms with Crippen LogP contribution in [0.2, 0.25) is 0 Å². The highest BCUT2D eigenvalue weighted by molar-refractivity contribution is 7.98. The summed E-state index contributed by atoms with van der Waals surface area (Å²) in [5, 5.41) is 0. The minimum atomic E-state index is 0.323. The Balaban J connectivity index is 2.57. The number of oxazole rings is 1. The molecule has 0 N–H and O–H groups in total. The molecule has 0 spiro atoms. The van der Waals surface area contributed by atoms with Gasteiger partial charge >= 0.3 is 0 Å². The van der Waals surface area contributed by atoms with E-state index in [4.69, 9.17) is 16.0 Å². The Morgan fingerprint density at radius 2 is 2.38 bits per heavy atom. The zero-order chi connectivity index (χ0) is 9.26. The summed E-state index contributed by atoms with van der Waals surface area (Å²) >= 11 is 7.30. The number of alkyl halides is 1. The van der Waals surface area contributed by atoms with E-state index in [-0.39, 0.29) is 0 Å². The molecule has 2 aromatic rings. The standard InChI is InChI=1S/C9H8ClNOS/c1-13-6-2-3-8-7(4-6)11-9(5-10)12-8/h2-4H,5H2,1H3. The van der Waals surface area contributed by atoms with E-state index in [1.54, 1.807) is 11.8 Å². The number of hydrogen-bond donors (Lipinski definition) is 0. The highest BCUT2D eigenvalue weighted by Gasteiger charge is 2.04. The van der Waals surface area contributed by atoms with Crippen molar-refractivity contribution in [2.75, 3.05) is 6.26 Å². The maximum absolute atomic E-state index is 5.61.